The number of hydrogen-bond acceptors (Lipinski definition) is 5. The molecule has 2 aromatic rings. The van der Waals surface area contributed by atoms with Crippen LogP contribution in [0.25, 0.3) is 5.82 Å². The molecule has 2 N–H and O–H groups in total. The maximum absolute atomic E-state index is 12.0. The van der Waals surface area contributed by atoms with Gasteiger partial charge in [-0.1, -0.05) is 6.07 Å². The molecule has 0 aromatic carbocycles. The Morgan fingerprint density at radius 2 is 2.24 bits per heavy atom. The Morgan fingerprint density at radius 3 is 2.82 bits per heavy atom. The number of halogens is 1. The van der Waals surface area contributed by atoms with Crippen LogP contribution in [-0.2, 0) is 0 Å². The number of nitrogens with two attached hydrogens (primary N) is 1. The van der Waals surface area contributed by atoms with Crippen molar-refractivity contribution in [3.05, 3.63) is 45.4 Å². The highest BCUT2D eigenvalue weighted by atomic mass is 79.9. The molecule has 0 aliphatic rings. The first-order chi connectivity index (χ1) is 8.11. The first kappa shape index (κ1) is 11.7. The fourth-order valence-electron chi connectivity index (χ4n) is 1.31. The van der Waals surface area contributed by atoms with Crippen molar-refractivity contribution in [2.24, 2.45) is 5.84 Å². The minimum absolute atomic E-state index is 0.307. The molecule has 0 aliphatic heterocycles. The van der Waals surface area contributed by atoms with E-state index in [-0.39, 0.29) is 5.56 Å². The van der Waals surface area contributed by atoms with Gasteiger partial charge in [-0.15, -0.1) is 0 Å². The fraction of sp³-hybridized carbons (Fsp3) is 0.100. The highest BCUT2D eigenvalue weighted by Crippen LogP contribution is 2.18. The van der Waals surface area contributed by atoms with Crippen molar-refractivity contribution in [3.63, 3.8) is 0 Å². The van der Waals surface area contributed by atoms with E-state index in [1.54, 1.807) is 31.4 Å². The highest BCUT2D eigenvalue weighted by Gasteiger charge is 2.11. The van der Waals surface area contributed by atoms with Crippen molar-refractivity contribution >= 4 is 21.6 Å². The molecule has 2 rings (SSSR count). The number of hydrazine groups is 1. The molecule has 0 spiro atoms. The van der Waals surface area contributed by atoms with Crippen LogP contribution in [0.5, 0.6) is 0 Å². The van der Waals surface area contributed by atoms with Crippen molar-refractivity contribution in [1.82, 2.24) is 14.8 Å². The van der Waals surface area contributed by atoms with Crippen molar-refractivity contribution < 1.29 is 0 Å². The van der Waals surface area contributed by atoms with Gasteiger partial charge in [0, 0.05) is 13.2 Å². The van der Waals surface area contributed by atoms with Gasteiger partial charge in [0.05, 0.1) is 11.9 Å². The zero-order chi connectivity index (χ0) is 12.4. The summed E-state index contributed by atoms with van der Waals surface area (Å²) in [5.41, 5.74) is 0.209. The van der Waals surface area contributed by atoms with Crippen LogP contribution in [0.3, 0.4) is 0 Å². The van der Waals surface area contributed by atoms with E-state index in [1.807, 2.05) is 0 Å². The van der Waals surface area contributed by atoms with Crippen molar-refractivity contribution in [3.8, 4) is 5.82 Å². The number of aromatic nitrogens is 3. The summed E-state index contributed by atoms with van der Waals surface area (Å²) in [4.78, 5) is 16.1. The lowest BCUT2D eigenvalue weighted by Gasteiger charge is -2.13. The van der Waals surface area contributed by atoms with Crippen molar-refractivity contribution in [2.45, 2.75) is 0 Å². The normalized spacial score (nSPS) is 10.3. The predicted octanol–water partition coefficient (Wildman–Crippen LogP) is 0.700. The van der Waals surface area contributed by atoms with Gasteiger partial charge >= 0.3 is 0 Å². The molecule has 0 fully saturated rings. The molecule has 7 heteroatoms. The maximum Gasteiger partial charge on any atom is 0.289 e. The average molecular weight is 296 g/mol. The van der Waals surface area contributed by atoms with E-state index in [0.717, 1.165) is 0 Å². The molecule has 17 heavy (non-hydrogen) atoms. The molecule has 0 atom stereocenters. The summed E-state index contributed by atoms with van der Waals surface area (Å²) >= 11 is 3.21. The van der Waals surface area contributed by atoms with Gasteiger partial charge in [-0.3, -0.25) is 4.79 Å². The molecule has 2 heterocycles. The number of pyridine rings is 1. The average Bonchev–Trinajstić information content (AvgIpc) is 2.33. The lowest BCUT2D eigenvalue weighted by molar-refractivity contribution is 0.770. The third-order valence-electron chi connectivity index (χ3n) is 2.15. The summed E-state index contributed by atoms with van der Waals surface area (Å²) < 4.78 is 1.56. The third kappa shape index (κ3) is 2.20. The summed E-state index contributed by atoms with van der Waals surface area (Å²) in [7, 11) is 1.63. The van der Waals surface area contributed by atoms with E-state index in [9.17, 15) is 4.79 Å². The highest BCUT2D eigenvalue weighted by molar-refractivity contribution is 9.10. The van der Waals surface area contributed by atoms with Gasteiger partial charge in [-0.2, -0.15) is 9.78 Å². The Labute approximate surface area is 106 Å². The molecule has 88 valence electrons. The van der Waals surface area contributed by atoms with Gasteiger partial charge in [0.2, 0.25) is 0 Å². The van der Waals surface area contributed by atoms with E-state index < -0.39 is 0 Å². The first-order valence-corrected chi connectivity index (χ1v) is 5.58. The molecule has 2 aromatic heterocycles. The molecule has 0 aliphatic carbocycles. The zero-order valence-corrected chi connectivity index (χ0v) is 10.6. The Morgan fingerprint density at radius 1 is 1.47 bits per heavy atom. The van der Waals surface area contributed by atoms with Gasteiger partial charge in [-0.25, -0.2) is 10.8 Å². The van der Waals surface area contributed by atoms with E-state index in [1.165, 1.54) is 15.9 Å². The molecular formula is C10H10BrN5O. The molecule has 0 saturated heterocycles. The van der Waals surface area contributed by atoms with Crippen LogP contribution < -0.4 is 16.4 Å². The van der Waals surface area contributed by atoms with E-state index in [2.05, 4.69) is 26.0 Å². The summed E-state index contributed by atoms with van der Waals surface area (Å²) in [6.07, 6.45) is 3.10. The number of rotatable bonds is 2. The quantitative estimate of drug-likeness (QED) is 0.652. The Balaban J connectivity index is 2.60. The zero-order valence-electron chi connectivity index (χ0n) is 9.04. The molecule has 0 bridgehead atoms. The molecule has 0 radical (unpaired) electrons. The van der Waals surface area contributed by atoms with Crippen molar-refractivity contribution in [1.29, 1.82) is 0 Å². The van der Waals surface area contributed by atoms with Crippen molar-refractivity contribution in [2.75, 3.05) is 12.1 Å². The van der Waals surface area contributed by atoms with Gasteiger partial charge in [0.1, 0.15) is 4.47 Å². The van der Waals surface area contributed by atoms with Crippen LogP contribution in [-0.4, -0.2) is 21.8 Å². The lowest BCUT2D eigenvalue weighted by atomic mass is 10.4. The first-order valence-electron chi connectivity index (χ1n) is 4.79. The summed E-state index contributed by atoms with van der Waals surface area (Å²) in [6, 6.07) is 5.26. The second-order valence-corrected chi connectivity index (χ2v) is 4.15. The minimum Gasteiger partial charge on any atom is -0.311 e. The van der Waals surface area contributed by atoms with Crippen LogP contribution in [0.15, 0.2) is 39.9 Å². The van der Waals surface area contributed by atoms with Gasteiger partial charge in [-0.05, 0) is 28.1 Å². The summed E-state index contributed by atoms with van der Waals surface area (Å²) in [5.74, 6) is 6.03. The number of nitrogens with zero attached hydrogens (tertiary/aromatic N) is 4. The van der Waals surface area contributed by atoms with Crippen LogP contribution in [0.4, 0.5) is 5.69 Å². The molecule has 0 unspecified atom stereocenters. The maximum atomic E-state index is 12.0. The largest absolute Gasteiger partial charge is 0.311 e. The smallest absolute Gasteiger partial charge is 0.289 e. The third-order valence-corrected chi connectivity index (χ3v) is 2.89. The summed E-state index contributed by atoms with van der Waals surface area (Å²) in [6.45, 7) is 0. The Hall–Kier alpha value is -1.73. The second kappa shape index (κ2) is 4.64. The molecule has 0 amide bonds. The Kier molecular flexibility index (Phi) is 3.21. The Bertz CT molecular complexity index is 581. The van der Waals surface area contributed by atoms with Gasteiger partial charge < -0.3 is 5.01 Å². The van der Waals surface area contributed by atoms with Gasteiger partial charge in [0.25, 0.3) is 5.56 Å². The van der Waals surface area contributed by atoms with Gasteiger partial charge in [0.15, 0.2) is 5.82 Å². The SMILES string of the molecule is CN(N)c1cnn(-c2ccccn2)c(=O)c1Br. The van der Waals surface area contributed by atoms with E-state index >= 15 is 0 Å². The number of hydrogen-bond donors (Lipinski definition) is 1. The molecular weight excluding hydrogens is 286 g/mol. The van der Waals surface area contributed by atoms with E-state index in [4.69, 9.17) is 5.84 Å². The second-order valence-electron chi connectivity index (χ2n) is 3.36. The molecule has 6 nitrogen and oxygen atoms in total. The monoisotopic (exact) mass is 295 g/mol. The van der Waals surface area contributed by atoms with E-state index in [0.29, 0.717) is 16.0 Å². The molecule has 0 saturated carbocycles. The minimum atomic E-state index is -0.307. The topological polar surface area (TPSA) is 77.0 Å². The van der Waals surface area contributed by atoms with Crippen LogP contribution in [0.1, 0.15) is 0 Å². The van der Waals surface area contributed by atoms with Crippen LogP contribution >= 0.6 is 15.9 Å². The van der Waals surface area contributed by atoms with Crippen LogP contribution in [0, 0.1) is 0 Å². The number of anilines is 1. The van der Waals surface area contributed by atoms with Crippen LogP contribution in [0.2, 0.25) is 0 Å². The lowest BCUT2D eigenvalue weighted by Crippen LogP contribution is -2.30. The standard InChI is InChI=1S/C10H10BrN5O/c1-15(12)7-6-14-16(10(17)9(7)11)8-4-2-3-5-13-8/h2-6H,12H2,1H3. The summed E-state index contributed by atoms with van der Waals surface area (Å²) in [5, 5.41) is 5.34. The fourth-order valence-corrected chi connectivity index (χ4v) is 1.86. The predicted molar refractivity (Wildman–Crippen MR) is 67.9 cm³/mol.